The first-order valence-electron chi connectivity index (χ1n) is 6.07. The second-order valence-corrected chi connectivity index (χ2v) is 4.07. The third-order valence-corrected chi connectivity index (χ3v) is 2.74. The van der Waals surface area contributed by atoms with E-state index in [4.69, 9.17) is 9.15 Å². The molecule has 0 aliphatic heterocycles. The Kier molecular flexibility index (Phi) is 4.36. The SMILES string of the molecule is CNCCCc1cnc(-c2ccc(OC)cc2)o1. The molecule has 0 saturated carbocycles. The Labute approximate surface area is 107 Å². The summed E-state index contributed by atoms with van der Waals surface area (Å²) < 4.78 is 10.8. The summed E-state index contributed by atoms with van der Waals surface area (Å²) in [6, 6.07) is 7.70. The molecule has 0 radical (unpaired) electrons. The van der Waals surface area contributed by atoms with Gasteiger partial charge in [-0.05, 0) is 44.3 Å². The van der Waals surface area contributed by atoms with Crippen LogP contribution >= 0.6 is 0 Å². The van der Waals surface area contributed by atoms with Gasteiger partial charge >= 0.3 is 0 Å². The quantitative estimate of drug-likeness (QED) is 0.795. The summed E-state index contributed by atoms with van der Waals surface area (Å²) in [6.07, 6.45) is 3.76. The maximum absolute atomic E-state index is 5.71. The van der Waals surface area contributed by atoms with Gasteiger partial charge in [-0.3, -0.25) is 0 Å². The van der Waals surface area contributed by atoms with E-state index < -0.39 is 0 Å². The molecule has 18 heavy (non-hydrogen) atoms. The zero-order valence-corrected chi connectivity index (χ0v) is 10.8. The average Bonchev–Trinajstić information content (AvgIpc) is 2.88. The molecule has 4 nitrogen and oxygen atoms in total. The van der Waals surface area contributed by atoms with Gasteiger partial charge < -0.3 is 14.5 Å². The topological polar surface area (TPSA) is 47.3 Å². The fraction of sp³-hybridized carbons (Fsp3) is 0.357. The van der Waals surface area contributed by atoms with Crippen LogP contribution in [0.3, 0.4) is 0 Å². The molecule has 0 spiro atoms. The minimum atomic E-state index is 0.664. The van der Waals surface area contributed by atoms with E-state index >= 15 is 0 Å². The largest absolute Gasteiger partial charge is 0.497 e. The molecule has 1 heterocycles. The Hall–Kier alpha value is -1.81. The zero-order valence-electron chi connectivity index (χ0n) is 10.8. The predicted octanol–water partition coefficient (Wildman–Crippen LogP) is 2.50. The Morgan fingerprint density at radius 3 is 2.72 bits per heavy atom. The summed E-state index contributed by atoms with van der Waals surface area (Å²) in [6.45, 7) is 0.985. The molecule has 0 saturated heterocycles. The summed E-state index contributed by atoms with van der Waals surface area (Å²) in [5.74, 6) is 2.42. The molecule has 0 bridgehead atoms. The van der Waals surface area contributed by atoms with Crippen LogP contribution in [-0.4, -0.2) is 25.7 Å². The van der Waals surface area contributed by atoms with Crippen molar-refractivity contribution in [1.82, 2.24) is 10.3 Å². The van der Waals surface area contributed by atoms with Crippen molar-refractivity contribution in [1.29, 1.82) is 0 Å². The minimum Gasteiger partial charge on any atom is -0.497 e. The predicted molar refractivity (Wildman–Crippen MR) is 70.7 cm³/mol. The van der Waals surface area contributed by atoms with E-state index in [1.165, 1.54) is 0 Å². The second kappa shape index (κ2) is 6.21. The Bertz CT molecular complexity index is 477. The van der Waals surface area contributed by atoms with Crippen molar-refractivity contribution in [2.75, 3.05) is 20.7 Å². The lowest BCUT2D eigenvalue weighted by molar-refractivity contribution is 0.415. The lowest BCUT2D eigenvalue weighted by atomic mass is 10.2. The van der Waals surface area contributed by atoms with Gasteiger partial charge in [-0.25, -0.2) is 4.98 Å². The van der Waals surface area contributed by atoms with Crippen LogP contribution < -0.4 is 10.1 Å². The molecule has 1 N–H and O–H groups in total. The molecule has 4 heteroatoms. The van der Waals surface area contributed by atoms with Crippen LogP contribution in [0.1, 0.15) is 12.2 Å². The van der Waals surface area contributed by atoms with Gasteiger partial charge in [-0.1, -0.05) is 0 Å². The van der Waals surface area contributed by atoms with Crippen LogP contribution in [0, 0.1) is 0 Å². The van der Waals surface area contributed by atoms with E-state index in [0.29, 0.717) is 5.89 Å². The molecule has 0 amide bonds. The first kappa shape index (κ1) is 12.6. The number of nitrogens with one attached hydrogen (secondary N) is 1. The lowest BCUT2D eigenvalue weighted by Crippen LogP contribution is -2.08. The van der Waals surface area contributed by atoms with Crippen molar-refractivity contribution in [2.24, 2.45) is 0 Å². The standard InChI is InChI=1S/C14H18N2O2/c1-15-9-3-4-13-10-16-14(18-13)11-5-7-12(17-2)8-6-11/h5-8,10,15H,3-4,9H2,1-2H3. The summed E-state index contributed by atoms with van der Waals surface area (Å²) in [4.78, 5) is 4.29. The second-order valence-electron chi connectivity index (χ2n) is 4.07. The van der Waals surface area contributed by atoms with Gasteiger partial charge in [-0.2, -0.15) is 0 Å². The van der Waals surface area contributed by atoms with Crippen molar-refractivity contribution in [3.63, 3.8) is 0 Å². The first-order chi connectivity index (χ1) is 8.83. The van der Waals surface area contributed by atoms with Crippen LogP contribution in [0.25, 0.3) is 11.5 Å². The van der Waals surface area contributed by atoms with Gasteiger partial charge in [0.1, 0.15) is 11.5 Å². The van der Waals surface area contributed by atoms with Crippen LogP contribution in [0.15, 0.2) is 34.9 Å². The highest BCUT2D eigenvalue weighted by atomic mass is 16.5. The van der Waals surface area contributed by atoms with E-state index in [2.05, 4.69) is 10.3 Å². The van der Waals surface area contributed by atoms with Crippen molar-refractivity contribution in [3.8, 4) is 17.2 Å². The molecule has 1 aromatic heterocycles. The van der Waals surface area contributed by atoms with Crippen molar-refractivity contribution in [3.05, 3.63) is 36.2 Å². The van der Waals surface area contributed by atoms with E-state index in [9.17, 15) is 0 Å². The van der Waals surface area contributed by atoms with Gasteiger partial charge in [0.2, 0.25) is 5.89 Å². The van der Waals surface area contributed by atoms with Crippen molar-refractivity contribution < 1.29 is 9.15 Å². The number of ether oxygens (including phenoxy) is 1. The minimum absolute atomic E-state index is 0.664. The van der Waals surface area contributed by atoms with Gasteiger partial charge in [0.15, 0.2) is 0 Å². The Balaban J connectivity index is 2.04. The molecule has 1 aromatic carbocycles. The van der Waals surface area contributed by atoms with Crippen LogP contribution in [-0.2, 0) is 6.42 Å². The van der Waals surface area contributed by atoms with E-state index in [1.54, 1.807) is 13.3 Å². The van der Waals surface area contributed by atoms with Crippen molar-refractivity contribution in [2.45, 2.75) is 12.8 Å². The van der Waals surface area contributed by atoms with Gasteiger partial charge in [0, 0.05) is 12.0 Å². The van der Waals surface area contributed by atoms with Crippen LogP contribution in [0.4, 0.5) is 0 Å². The van der Waals surface area contributed by atoms with Crippen LogP contribution in [0.2, 0.25) is 0 Å². The number of hydrogen-bond donors (Lipinski definition) is 1. The summed E-state index contributed by atoms with van der Waals surface area (Å²) in [7, 11) is 3.60. The zero-order chi connectivity index (χ0) is 12.8. The normalized spacial score (nSPS) is 10.6. The Morgan fingerprint density at radius 2 is 2.06 bits per heavy atom. The summed E-state index contributed by atoms with van der Waals surface area (Å²) in [5, 5.41) is 3.11. The highest BCUT2D eigenvalue weighted by Crippen LogP contribution is 2.22. The highest BCUT2D eigenvalue weighted by Gasteiger charge is 2.06. The summed E-state index contributed by atoms with van der Waals surface area (Å²) in [5.41, 5.74) is 0.968. The molecule has 0 atom stereocenters. The fourth-order valence-electron chi connectivity index (χ4n) is 1.73. The smallest absolute Gasteiger partial charge is 0.226 e. The molecule has 2 aromatic rings. The number of rotatable bonds is 6. The number of hydrogen-bond acceptors (Lipinski definition) is 4. The number of benzene rings is 1. The number of methoxy groups -OCH3 is 1. The monoisotopic (exact) mass is 246 g/mol. The van der Waals surface area contributed by atoms with Crippen LogP contribution in [0.5, 0.6) is 5.75 Å². The molecule has 0 fully saturated rings. The van der Waals surface area contributed by atoms with Gasteiger partial charge in [0.05, 0.1) is 13.3 Å². The Morgan fingerprint density at radius 1 is 1.28 bits per heavy atom. The van der Waals surface area contributed by atoms with Crippen molar-refractivity contribution >= 4 is 0 Å². The molecular weight excluding hydrogens is 228 g/mol. The van der Waals surface area contributed by atoms with E-state index in [0.717, 1.165) is 36.5 Å². The molecule has 0 aliphatic carbocycles. The van der Waals surface area contributed by atoms with E-state index in [1.807, 2.05) is 31.3 Å². The molecule has 0 unspecified atom stereocenters. The molecular formula is C14H18N2O2. The fourth-order valence-corrected chi connectivity index (χ4v) is 1.73. The molecule has 96 valence electrons. The first-order valence-corrected chi connectivity index (χ1v) is 6.07. The maximum atomic E-state index is 5.71. The average molecular weight is 246 g/mol. The maximum Gasteiger partial charge on any atom is 0.226 e. The third-order valence-electron chi connectivity index (χ3n) is 2.74. The third kappa shape index (κ3) is 3.11. The highest BCUT2D eigenvalue weighted by molar-refractivity contribution is 5.54. The number of aryl methyl sites for hydroxylation is 1. The lowest BCUT2D eigenvalue weighted by Gasteiger charge is -2.00. The van der Waals surface area contributed by atoms with Gasteiger partial charge in [-0.15, -0.1) is 0 Å². The van der Waals surface area contributed by atoms with Gasteiger partial charge in [0.25, 0.3) is 0 Å². The molecule has 2 rings (SSSR count). The summed E-state index contributed by atoms with van der Waals surface area (Å²) >= 11 is 0. The molecule has 0 aliphatic rings. The van der Waals surface area contributed by atoms with E-state index in [-0.39, 0.29) is 0 Å². The number of nitrogens with zero attached hydrogens (tertiary/aromatic N) is 1. The number of aromatic nitrogens is 1. The number of oxazole rings is 1.